The highest BCUT2D eigenvalue weighted by Gasteiger charge is 2.17. The average molecular weight is 438 g/mol. The van der Waals surface area contributed by atoms with E-state index in [0.29, 0.717) is 22.8 Å². The number of nitrogens with one attached hydrogen (secondary N) is 3. The molecular weight excluding hydrogens is 416 g/mol. The van der Waals surface area contributed by atoms with Gasteiger partial charge in [0.15, 0.2) is 11.5 Å². The minimum atomic E-state index is -0.570. The minimum Gasteiger partial charge on any atom is -0.493 e. The standard InChI is InChI=1S/C22H22N4O6/c1-30-17-9-14(10-18(31-2)20(17)32-3)21(28)23-12-19(27)26-24-11-15-8-13-6-4-5-7-16(13)25-22(15)29/h4-11H,12H2,1-3H3,(H,23,28)(H,25,29)(H,26,27). The fourth-order valence-corrected chi connectivity index (χ4v) is 2.95. The predicted octanol–water partition coefficient (Wildman–Crippen LogP) is 1.43. The number of para-hydroxylation sites is 1. The predicted molar refractivity (Wildman–Crippen MR) is 119 cm³/mol. The summed E-state index contributed by atoms with van der Waals surface area (Å²) in [7, 11) is 4.33. The van der Waals surface area contributed by atoms with Gasteiger partial charge < -0.3 is 24.5 Å². The summed E-state index contributed by atoms with van der Waals surface area (Å²) in [6, 6.07) is 11.9. The van der Waals surface area contributed by atoms with Crippen LogP contribution in [0.2, 0.25) is 0 Å². The van der Waals surface area contributed by atoms with E-state index in [2.05, 4.69) is 20.8 Å². The van der Waals surface area contributed by atoms with Crippen molar-refractivity contribution in [3.8, 4) is 17.2 Å². The molecule has 166 valence electrons. The first-order valence-corrected chi connectivity index (χ1v) is 9.49. The number of hydrazone groups is 1. The Hall–Kier alpha value is -4.34. The molecule has 0 aliphatic heterocycles. The van der Waals surface area contributed by atoms with Crippen LogP contribution < -0.4 is 30.5 Å². The Kier molecular flexibility index (Phi) is 7.06. The molecule has 2 amide bonds. The topological polar surface area (TPSA) is 131 Å². The van der Waals surface area contributed by atoms with Gasteiger partial charge in [0, 0.05) is 11.1 Å². The molecule has 3 aromatic rings. The van der Waals surface area contributed by atoms with E-state index in [4.69, 9.17) is 14.2 Å². The number of fused-ring (bicyclic) bond motifs is 1. The van der Waals surface area contributed by atoms with Crippen molar-refractivity contribution in [2.24, 2.45) is 5.10 Å². The van der Waals surface area contributed by atoms with Crippen molar-refractivity contribution < 1.29 is 23.8 Å². The van der Waals surface area contributed by atoms with Crippen molar-refractivity contribution in [2.45, 2.75) is 0 Å². The summed E-state index contributed by atoms with van der Waals surface area (Å²) in [5.74, 6) is -0.116. The number of hydrogen-bond donors (Lipinski definition) is 3. The van der Waals surface area contributed by atoms with Crippen LogP contribution in [0.1, 0.15) is 15.9 Å². The third-order valence-electron chi connectivity index (χ3n) is 4.51. The maximum atomic E-state index is 12.4. The minimum absolute atomic E-state index is 0.221. The van der Waals surface area contributed by atoms with Gasteiger partial charge in [-0.25, -0.2) is 5.43 Å². The van der Waals surface area contributed by atoms with Gasteiger partial charge in [-0.15, -0.1) is 0 Å². The molecule has 0 atom stereocenters. The molecule has 32 heavy (non-hydrogen) atoms. The zero-order valence-electron chi connectivity index (χ0n) is 17.7. The molecule has 1 heterocycles. The van der Waals surface area contributed by atoms with Crippen molar-refractivity contribution >= 4 is 28.9 Å². The number of pyridine rings is 1. The molecule has 0 radical (unpaired) electrons. The van der Waals surface area contributed by atoms with E-state index in [9.17, 15) is 14.4 Å². The number of nitrogens with zero attached hydrogens (tertiary/aromatic N) is 1. The molecule has 3 N–H and O–H groups in total. The van der Waals surface area contributed by atoms with Crippen LogP contribution in [-0.2, 0) is 4.79 Å². The smallest absolute Gasteiger partial charge is 0.259 e. The molecule has 0 fully saturated rings. The number of aromatic nitrogens is 1. The van der Waals surface area contributed by atoms with E-state index in [1.807, 2.05) is 18.2 Å². The van der Waals surface area contributed by atoms with Crippen LogP contribution in [0.15, 0.2) is 52.4 Å². The highest BCUT2D eigenvalue weighted by molar-refractivity contribution is 5.97. The summed E-state index contributed by atoms with van der Waals surface area (Å²) in [6.45, 7) is -0.332. The molecular formula is C22H22N4O6. The van der Waals surface area contributed by atoms with Crippen LogP contribution in [0.25, 0.3) is 10.9 Å². The number of aromatic amines is 1. The molecule has 0 aliphatic rings. The number of amides is 2. The van der Waals surface area contributed by atoms with Crippen molar-refractivity contribution in [2.75, 3.05) is 27.9 Å². The monoisotopic (exact) mass is 438 g/mol. The number of carbonyl (C=O) groups is 2. The SMILES string of the molecule is COc1cc(C(=O)NCC(=O)NN=Cc2cc3ccccc3[nH]c2=O)cc(OC)c1OC. The largest absolute Gasteiger partial charge is 0.493 e. The second kappa shape index (κ2) is 10.1. The van der Waals surface area contributed by atoms with E-state index in [0.717, 1.165) is 5.39 Å². The molecule has 10 heteroatoms. The number of ether oxygens (including phenoxy) is 3. The second-order valence-electron chi connectivity index (χ2n) is 6.53. The Balaban J connectivity index is 1.61. The van der Waals surface area contributed by atoms with E-state index in [1.54, 1.807) is 12.1 Å². The third-order valence-corrected chi connectivity index (χ3v) is 4.51. The zero-order valence-corrected chi connectivity index (χ0v) is 17.7. The molecule has 3 rings (SSSR count). The third kappa shape index (κ3) is 5.04. The highest BCUT2D eigenvalue weighted by Crippen LogP contribution is 2.38. The zero-order chi connectivity index (χ0) is 23.1. The van der Waals surface area contributed by atoms with Crippen LogP contribution >= 0.6 is 0 Å². The van der Waals surface area contributed by atoms with Crippen molar-refractivity contribution in [3.05, 3.63) is 63.9 Å². The van der Waals surface area contributed by atoms with Crippen molar-refractivity contribution in [1.29, 1.82) is 0 Å². The average Bonchev–Trinajstić information content (AvgIpc) is 2.81. The van der Waals surface area contributed by atoms with Gasteiger partial charge in [-0.2, -0.15) is 5.10 Å². The first kappa shape index (κ1) is 22.3. The summed E-state index contributed by atoms with van der Waals surface area (Å²) in [5.41, 5.74) is 3.14. The molecule has 0 spiro atoms. The Morgan fingerprint density at radius 2 is 1.72 bits per heavy atom. The fourth-order valence-electron chi connectivity index (χ4n) is 2.95. The quantitative estimate of drug-likeness (QED) is 0.360. The second-order valence-corrected chi connectivity index (χ2v) is 6.53. The normalized spacial score (nSPS) is 10.7. The Labute approximate surface area is 183 Å². The van der Waals surface area contributed by atoms with Crippen LogP contribution in [0.4, 0.5) is 0 Å². The lowest BCUT2D eigenvalue weighted by Crippen LogP contribution is -2.35. The number of hydrogen-bond acceptors (Lipinski definition) is 7. The van der Waals surface area contributed by atoms with Crippen LogP contribution in [0.3, 0.4) is 0 Å². The van der Waals surface area contributed by atoms with Gasteiger partial charge in [-0.3, -0.25) is 14.4 Å². The van der Waals surface area contributed by atoms with Gasteiger partial charge in [0.1, 0.15) is 0 Å². The van der Waals surface area contributed by atoms with Gasteiger partial charge >= 0.3 is 0 Å². The molecule has 10 nitrogen and oxygen atoms in total. The van der Waals surface area contributed by atoms with Gasteiger partial charge in [-0.1, -0.05) is 18.2 Å². The molecule has 2 aromatic carbocycles. The molecule has 0 saturated heterocycles. The highest BCUT2D eigenvalue weighted by atomic mass is 16.5. The van der Waals surface area contributed by atoms with Crippen LogP contribution in [0.5, 0.6) is 17.2 Å². The Bertz CT molecular complexity index is 1210. The first-order valence-electron chi connectivity index (χ1n) is 9.49. The molecule has 1 aromatic heterocycles. The number of benzene rings is 2. The lowest BCUT2D eigenvalue weighted by molar-refractivity contribution is -0.120. The van der Waals surface area contributed by atoms with Gasteiger partial charge in [0.25, 0.3) is 17.4 Å². The van der Waals surface area contributed by atoms with E-state index < -0.39 is 11.8 Å². The van der Waals surface area contributed by atoms with Crippen LogP contribution in [-0.4, -0.2) is 50.9 Å². The molecule has 0 aliphatic carbocycles. The molecule has 0 saturated carbocycles. The summed E-state index contributed by atoms with van der Waals surface area (Å²) < 4.78 is 15.6. The van der Waals surface area contributed by atoms with E-state index >= 15 is 0 Å². The molecule has 0 unspecified atom stereocenters. The van der Waals surface area contributed by atoms with Gasteiger partial charge in [0.05, 0.1) is 39.7 Å². The maximum Gasteiger partial charge on any atom is 0.259 e. The van der Waals surface area contributed by atoms with E-state index in [-0.39, 0.29) is 23.2 Å². The van der Waals surface area contributed by atoms with Gasteiger partial charge in [0.2, 0.25) is 5.75 Å². The summed E-state index contributed by atoms with van der Waals surface area (Å²) in [5, 5.41) is 7.09. The maximum absolute atomic E-state index is 12.4. The Morgan fingerprint density at radius 3 is 2.38 bits per heavy atom. The fraction of sp³-hybridized carbons (Fsp3) is 0.182. The number of H-pyrrole nitrogens is 1. The summed E-state index contributed by atoms with van der Waals surface area (Å²) in [4.78, 5) is 39.3. The van der Waals surface area contributed by atoms with Crippen molar-refractivity contribution in [3.63, 3.8) is 0 Å². The molecule has 0 bridgehead atoms. The van der Waals surface area contributed by atoms with Crippen molar-refractivity contribution in [1.82, 2.24) is 15.7 Å². The number of carbonyl (C=O) groups excluding carboxylic acids is 2. The van der Waals surface area contributed by atoms with Gasteiger partial charge in [-0.05, 0) is 29.7 Å². The summed E-state index contributed by atoms with van der Waals surface area (Å²) >= 11 is 0. The lowest BCUT2D eigenvalue weighted by Gasteiger charge is -2.14. The Morgan fingerprint density at radius 1 is 1.03 bits per heavy atom. The van der Waals surface area contributed by atoms with E-state index in [1.165, 1.54) is 39.7 Å². The lowest BCUT2D eigenvalue weighted by atomic mass is 10.1. The number of methoxy groups -OCH3 is 3. The number of rotatable bonds is 8. The van der Waals surface area contributed by atoms with Crippen LogP contribution in [0, 0.1) is 0 Å². The summed E-state index contributed by atoms with van der Waals surface area (Å²) in [6.07, 6.45) is 1.24. The first-order chi connectivity index (χ1) is 15.5.